The minimum Gasteiger partial charge on any atom is -0.451 e. The van der Waals surface area contributed by atoms with Gasteiger partial charge in [-0.15, -0.1) is 0 Å². The SMILES string of the molecule is CC(=O)N/C(=C/c1ccccc1)C(=O)OCC(=O)Nc1ccnn1C(C)C. The van der Waals surface area contributed by atoms with Gasteiger partial charge in [0.25, 0.3) is 5.91 Å². The van der Waals surface area contributed by atoms with Gasteiger partial charge in [0.2, 0.25) is 5.91 Å². The maximum absolute atomic E-state index is 12.3. The molecule has 1 aromatic carbocycles. The summed E-state index contributed by atoms with van der Waals surface area (Å²) in [6.45, 7) is 4.65. The first-order valence-electron chi connectivity index (χ1n) is 8.41. The lowest BCUT2D eigenvalue weighted by molar-refractivity contribution is -0.144. The maximum Gasteiger partial charge on any atom is 0.355 e. The molecule has 0 saturated carbocycles. The zero-order valence-electron chi connectivity index (χ0n) is 15.4. The van der Waals surface area contributed by atoms with E-state index in [4.69, 9.17) is 4.74 Å². The van der Waals surface area contributed by atoms with Crippen LogP contribution in [0.15, 0.2) is 48.3 Å². The lowest BCUT2D eigenvalue weighted by Crippen LogP contribution is -2.29. The molecule has 0 unspecified atom stereocenters. The molecule has 1 aromatic heterocycles. The summed E-state index contributed by atoms with van der Waals surface area (Å²) < 4.78 is 6.66. The standard InChI is InChI=1S/C19H22N4O4/c1-13(2)23-17(9-10-20-23)22-18(25)12-27-19(26)16(21-14(3)24)11-15-7-5-4-6-8-15/h4-11,13H,12H2,1-3H3,(H,21,24)(H,22,25)/b16-11+. The molecule has 0 fully saturated rings. The van der Waals surface area contributed by atoms with E-state index in [0.717, 1.165) is 0 Å². The van der Waals surface area contributed by atoms with Crippen LogP contribution in [0.3, 0.4) is 0 Å². The number of nitrogens with one attached hydrogen (secondary N) is 2. The summed E-state index contributed by atoms with van der Waals surface area (Å²) in [5.41, 5.74) is 0.664. The maximum atomic E-state index is 12.3. The second-order valence-electron chi connectivity index (χ2n) is 6.03. The van der Waals surface area contributed by atoms with Crippen molar-refractivity contribution in [2.45, 2.75) is 26.8 Å². The topological polar surface area (TPSA) is 102 Å². The lowest BCUT2D eigenvalue weighted by Gasteiger charge is -2.12. The van der Waals surface area contributed by atoms with E-state index in [1.54, 1.807) is 41.2 Å². The van der Waals surface area contributed by atoms with Crippen molar-refractivity contribution in [3.63, 3.8) is 0 Å². The van der Waals surface area contributed by atoms with Crippen LogP contribution in [0.2, 0.25) is 0 Å². The highest BCUT2D eigenvalue weighted by Gasteiger charge is 2.16. The van der Waals surface area contributed by atoms with Crippen molar-refractivity contribution < 1.29 is 19.1 Å². The highest BCUT2D eigenvalue weighted by Crippen LogP contribution is 2.13. The Morgan fingerprint density at radius 3 is 2.52 bits per heavy atom. The summed E-state index contributed by atoms with van der Waals surface area (Å²) in [4.78, 5) is 35.7. The van der Waals surface area contributed by atoms with Crippen LogP contribution in [-0.2, 0) is 19.1 Å². The highest BCUT2D eigenvalue weighted by molar-refractivity contribution is 5.99. The number of amides is 2. The number of benzene rings is 1. The van der Waals surface area contributed by atoms with E-state index < -0.39 is 24.4 Å². The molecule has 2 rings (SSSR count). The Kier molecular flexibility index (Phi) is 6.87. The van der Waals surface area contributed by atoms with Gasteiger partial charge in [-0.05, 0) is 25.5 Å². The Labute approximate surface area is 157 Å². The van der Waals surface area contributed by atoms with Crippen LogP contribution in [0.1, 0.15) is 32.4 Å². The normalized spacial score (nSPS) is 11.2. The summed E-state index contributed by atoms with van der Waals surface area (Å²) in [6.07, 6.45) is 3.05. The van der Waals surface area contributed by atoms with Crippen LogP contribution in [0, 0.1) is 0 Å². The number of carbonyl (C=O) groups excluding carboxylic acids is 3. The van der Waals surface area contributed by atoms with Crippen molar-refractivity contribution >= 4 is 29.7 Å². The zero-order chi connectivity index (χ0) is 19.8. The molecule has 142 valence electrons. The first-order chi connectivity index (χ1) is 12.9. The number of carbonyl (C=O) groups is 3. The van der Waals surface area contributed by atoms with Gasteiger partial charge in [0, 0.05) is 19.0 Å². The summed E-state index contributed by atoms with van der Waals surface area (Å²) in [5.74, 6) is -1.22. The Hall–Kier alpha value is -3.42. The average Bonchev–Trinajstić information content (AvgIpc) is 3.08. The van der Waals surface area contributed by atoms with Gasteiger partial charge in [-0.1, -0.05) is 30.3 Å². The molecule has 0 saturated heterocycles. The molecule has 2 N–H and O–H groups in total. The van der Waals surface area contributed by atoms with Crippen molar-refractivity contribution in [2.24, 2.45) is 0 Å². The molecule has 8 nitrogen and oxygen atoms in total. The van der Waals surface area contributed by atoms with E-state index in [0.29, 0.717) is 11.4 Å². The molecule has 1 heterocycles. The van der Waals surface area contributed by atoms with Crippen LogP contribution >= 0.6 is 0 Å². The Morgan fingerprint density at radius 1 is 1.19 bits per heavy atom. The molecule has 0 aliphatic heterocycles. The molecule has 2 amide bonds. The highest BCUT2D eigenvalue weighted by atomic mass is 16.5. The smallest absolute Gasteiger partial charge is 0.355 e. The van der Waals surface area contributed by atoms with E-state index >= 15 is 0 Å². The number of aromatic nitrogens is 2. The number of hydrogen-bond donors (Lipinski definition) is 2. The van der Waals surface area contributed by atoms with Crippen LogP contribution < -0.4 is 10.6 Å². The average molecular weight is 370 g/mol. The van der Waals surface area contributed by atoms with Crippen molar-refractivity contribution in [2.75, 3.05) is 11.9 Å². The van der Waals surface area contributed by atoms with Gasteiger partial charge < -0.3 is 15.4 Å². The predicted octanol–water partition coefficient (Wildman–Crippen LogP) is 2.12. The number of rotatable bonds is 7. The molecule has 2 aromatic rings. The minimum atomic E-state index is -0.804. The van der Waals surface area contributed by atoms with Crippen LogP contribution in [0.25, 0.3) is 6.08 Å². The molecule has 0 bridgehead atoms. The minimum absolute atomic E-state index is 0.0475. The third-order valence-corrected chi connectivity index (χ3v) is 3.40. The van der Waals surface area contributed by atoms with Gasteiger partial charge in [-0.3, -0.25) is 9.59 Å². The molecular weight excluding hydrogens is 348 g/mol. The second kappa shape index (κ2) is 9.33. The van der Waals surface area contributed by atoms with Gasteiger partial charge in [-0.2, -0.15) is 5.10 Å². The predicted molar refractivity (Wildman–Crippen MR) is 100 cm³/mol. The van der Waals surface area contributed by atoms with Crippen molar-refractivity contribution in [1.82, 2.24) is 15.1 Å². The molecule has 8 heteroatoms. The van der Waals surface area contributed by atoms with E-state index in [1.165, 1.54) is 13.0 Å². The fraction of sp³-hybridized carbons (Fsp3) is 0.263. The summed E-state index contributed by atoms with van der Waals surface area (Å²) in [6, 6.07) is 10.7. The van der Waals surface area contributed by atoms with E-state index in [2.05, 4.69) is 15.7 Å². The van der Waals surface area contributed by atoms with Crippen LogP contribution in [-0.4, -0.2) is 34.2 Å². The lowest BCUT2D eigenvalue weighted by atomic mass is 10.2. The first-order valence-corrected chi connectivity index (χ1v) is 8.41. The van der Waals surface area contributed by atoms with Crippen LogP contribution in [0.4, 0.5) is 5.82 Å². The van der Waals surface area contributed by atoms with E-state index in [1.807, 2.05) is 19.9 Å². The Morgan fingerprint density at radius 2 is 1.89 bits per heavy atom. The first kappa shape index (κ1) is 19.9. The Balaban J connectivity index is 2.00. The molecule has 0 atom stereocenters. The largest absolute Gasteiger partial charge is 0.451 e. The van der Waals surface area contributed by atoms with E-state index in [-0.39, 0.29) is 11.7 Å². The molecule has 0 spiro atoms. The van der Waals surface area contributed by atoms with Gasteiger partial charge >= 0.3 is 5.97 Å². The monoisotopic (exact) mass is 370 g/mol. The van der Waals surface area contributed by atoms with Gasteiger partial charge in [-0.25, -0.2) is 9.48 Å². The number of ether oxygens (including phenoxy) is 1. The van der Waals surface area contributed by atoms with Gasteiger partial charge in [0.15, 0.2) is 6.61 Å². The number of hydrogen-bond acceptors (Lipinski definition) is 5. The quantitative estimate of drug-likeness (QED) is 0.574. The van der Waals surface area contributed by atoms with Gasteiger partial charge in [0.1, 0.15) is 11.5 Å². The zero-order valence-corrected chi connectivity index (χ0v) is 15.4. The molecule has 27 heavy (non-hydrogen) atoms. The fourth-order valence-electron chi connectivity index (χ4n) is 2.26. The van der Waals surface area contributed by atoms with Crippen molar-refractivity contribution in [3.05, 3.63) is 53.9 Å². The number of nitrogens with zero attached hydrogens (tertiary/aromatic N) is 2. The van der Waals surface area contributed by atoms with E-state index in [9.17, 15) is 14.4 Å². The third-order valence-electron chi connectivity index (χ3n) is 3.40. The molecule has 0 aliphatic carbocycles. The van der Waals surface area contributed by atoms with Crippen molar-refractivity contribution in [3.8, 4) is 0 Å². The van der Waals surface area contributed by atoms with Crippen molar-refractivity contribution in [1.29, 1.82) is 0 Å². The number of anilines is 1. The van der Waals surface area contributed by atoms with Crippen LogP contribution in [0.5, 0.6) is 0 Å². The summed E-state index contributed by atoms with van der Waals surface area (Å²) in [5, 5.41) is 9.17. The fourth-order valence-corrected chi connectivity index (χ4v) is 2.26. The van der Waals surface area contributed by atoms with Gasteiger partial charge in [0.05, 0.1) is 6.20 Å². The third kappa shape index (κ3) is 6.10. The summed E-state index contributed by atoms with van der Waals surface area (Å²) in [7, 11) is 0. The molecular formula is C19H22N4O4. The Bertz CT molecular complexity index is 840. The molecule has 0 aliphatic rings. The molecule has 0 radical (unpaired) electrons. The summed E-state index contributed by atoms with van der Waals surface area (Å²) >= 11 is 0. The number of esters is 1. The second-order valence-corrected chi connectivity index (χ2v) is 6.03.